The van der Waals surface area contributed by atoms with Crippen LogP contribution in [0.1, 0.15) is 25.7 Å². The first-order valence-corrected chi connectivity index (χ1v) is 8.29. The van der Waals surface area contributed by atoms with Gasteiger partial charge in [0.15, 0.2) is 11.5 Å². The van der Waals surface area contributed by atoms with Crippen LogP contribution >= 0.6 is 0 Å². The van der Waals surface area contributed by atoms with Gasteiger partial charge in [-0.1, -0.05) is 0 Å². The van der Waals surface area contributed by atoms with Gasteiger partial charge < -0.3 is 18.7 Å². The number of hydrogen-bond donors (Lipinski definition) is 0. The van der Waals surface area contributed by atoms with E-state index in [9.17, 15) is 19.2 Å². The second-order valence-electron chi connectivity index (χ2n) is 5.79. The summed E-state index contributed by atoms with van der Waals surface area (Å²) in [6, 6.07) is 6.14. The maximum Gasteiger partial charge on any atom is 0.336 e. The second-order valence-corrected chi connectivity index (χ2v) is 5.79. The molecule has 0 unspecified atom stereocenters. The fourth-order valence-corrected chi connectivity index (χ4v) is 2.55. The van der Waals surface area contributed by atoms with Gasteiger partial charge in [0.25, 0.3) is 11.8 Å². The molecule has 1 aromatic heterocycles. The predicted octanol–water partition coefficient (Wildman–Crippen LogP) is 1.57. The minimum atomic E-state index is -0.696. The number of rotatable bonds is 7. The first-order chi connectivity index (χ1) is 13.0. The monoisotopic (exact) mass is 375 g/mol. The molecule has 3 rings (SSSR count). The molecule has 0 saturated carbocycles. The predicted molar refractivity (Wildman–Crippen MR) is 90.9 cm³/mol. The molecule has 0 spiro atoms. The first-order valence-electron chi connectivity index (χ1n) is 8.29. The summed E-state index contributed by atoms with van der Waals surface area (Å²) in [4.78, 5) is 50.6. The van der Waals surface area contributed by atoms with E-state index >= 15 is 0 Å². The summed E-state index contributed by atoms with van der Waals surface area (Å²) in [6.45, 7) is 0.149. The highest BCUT2D eigenvalue weighted by Gasteiger charge is 2.32. The van der Waals surface area contributed by atoms with Crippen LogP contribution in [0.15, 0.2) is 33.5 Å². The highest BCUT2D eigenvalue weighted by atomic mass is 16.7. The summed E-state index contributed by atoms with van der Waals surface area (Å²) in [5, 5.41) is 1.19. The van der Waals surface area contributed by atoms with Crippen LogP contribution in [0, 0.1) is 0 Å². The molecular formula is C18H17NO8. The van der Waals surface area contributed by atoms with Crippen LogP contribution in [0.2, 0.25) is 0 Å². The van der Waals surface area contributed by atoms with Gasteiger partial charge in [-0.3, -0.25) is 9.59 Å². The third kappa shape index (κ3) is 4.25. The molecule has 2 aromatic rings. The molecule has 1 saturated heterocycles. The molecule has 9 nitrogen and oxygen atoms in total. The lowest BCUT2D eigenvalue weighted by Crippen LogP contribution is -2.32. The standard InChI is InChI=1S/C18H17NO8/c1-24-13-9-11-4-7-17(22)26-12(11)10-14(13)25-8-2-3-18(23)27-19-15(20)5-6-16(19)21/h4,7,9-10H,2-3,5-6,8H2,1H3. The van der Waals surface area contributed by atoms with Gasteiger partial charge in [0, 0.05) is 30.4 Å². The van der Waals surface area contributed by atoms with E-state index in [4.69, 9.17) is 18.7 Å². The van der Waals surface area contributed by atoms with E-state index in [-0.39, 0.29) is 32.3 Å². The minimum absolute atomic E-state index is 0.0396. The number of nitrogens with zero attached hydrogens (tertiary/aromatic N) is 1. The Morgan fingerprint density at radius 1 is 1.11 bits per heavy atom. The van der Waals surface area contributed by atoms with Crippen molar-refractivity contribution in [2.24, 2.45) is 0 Å². The van der Waals surface area contributed by atoms with E-state index in [0.717, 1.165) is 0 Å². The minimum Gasteiger partial charge on any atom is -0.493 e. The van der Waals surface area contributed by atoms with E-state index in [1.54, 1.807) is 12.1 Å². The number of carbonyl (C=O) groups is 3. The molecule has 142 valence electrons. The molecule has 0 bridgehead atoms. The topological polar surface area (TPSA) is 112 Å². The Hall–Kier alpha value is -3.36. The quantitative estimate of drug-likeness (QED) is 0.407. The van der Waals surface area contributed by atoms with Crippen LogP contribution in [-0.2, 0) is 19.2 Å². The zero-order chi connectivity index (χ0) is 19.4. The Labute approximate surface area is 153 Å². The van der Waals surface area contributed by atoms with E-state index in [0.29, 0.717) is 27.5 Å². The number of benzene rings is 1. The number of hydroxylamine groups is 2. The van der Waals surface area contributed by atoms with E-state index in [1.165, 1.54) is 19.2 Å². The highest BCUT2D eigenvalue weighted by Crippen LogP contribution is 2.32. The molecule has 0 atom stereocenters. The first kappa shape index (κ1) is 18.4. The van der Waals surface area contributed by atoms with Crippen molar-refractivity contribution in [1.82, 2.24) is 5.06 Å². The normalized spacial score (nSPS) is 13.9. The largest absolute Gasteiger partial charge is 0.493 e. The van der Waals surface area contributed by atoms with Crippen molar-refractivity contribution in [2.75, 3.05) is 13.7 Å². The lowest BCUT2D eigenvalue weighted by Gasteiger charge is -2.13. The third-order valence-corrected chi connectivity index (χ3v) is 3.89. The van der Waals surface area contributed by atoms with Gasteiger partial charge in [0.05, 0.1) is 20.1 Å². The average molecular weight is 375 g/mol. The molecule has 1 aliphatic rings. The van der Waals surface area contributed by atoms with Gasteiger partial charge in [0.2, 0.25) is 0 Å². The Balaban J connectivity index is 1.55. The molecule has 2 heterocycles. The zero-order valence-electron chi connectivity index (χ0n) is 14.6. The van der Waals surface area contributed by atoms with Crippen LogP contribution in [0.25, 0.3) is 11.0 Å². The Bertz CT molecular complexity index is 932. The molecule has 0 N–H and O–H groups in total. The van der Waals surface area contributed by atoms with Crippen molar-refractivity contribution >= 4 is 28.8 Å². The highest BCUT2D eigenvalue weighted by molar-refractivity contribution is 6.01. The smallest absolute Gasteiger partial charge is 0.336 e. The molecule has 0 aliphatic carbocycles. The van der Waals surface area contributed by atoms with Crippen molar-refractivity contribution in [3.63, 3.8) is 0 Å². The molecule has 1 aromatic carbocycles. The second kappa shape index (κ2) is 7.90. The van der Waals surface area contributed by atoms with Gasteiger partial charge in [-0.15, -0.1) is 5.06 Å². The lowest BCUT2D eigenvalue weighted by atomic mass is 10.2. The molecule has 9 heteroatoms. The molecule has 2 amide bonds. The summed E-state index contributed by atoms with van der Waals surface area (Å²) in [5.74, 6) is -0.928. The van der Waals surface area contributed by atoms with E-state index in [1.807, 2.05) is 0 Å². The lowest BCUT2D eigenvalue weighted by molar-refractivity contribution is -0.197. The SMILES string of the molecule is COc1cc2ccc(=O)oc2cc1OCCCC(=O)ON1C(=O)CCC1=O. The third-order valence-electron chi connectivity index (χ3n) is 3.89. The Morgan fingerprint density at radius 3 is 2.56 bits per heavy atom. The number of fused-ring (bicyclic) bond motifs is 1. The fourth-order valence-electron chi connectivity index (χ4n) is 2.55. The van der Waals surface area contributed by atoms with Crippen LogP contribution in [-0.4, -0.2) is 36.6 Å². The number of hydrogen-bond acceptors (Lipinski definition) is 8. The number of methoxy groups -OCH3 is 1. The van der Waals surface area contributed by atoms with Crippen molar-refractivity contribution in [2.45, 2.75) is 25.7 Å². The van der Waals surface area contributed by atoms with Crippen LogP contribution < -0.4 is 15.1 Å². The summed E-state index contributed by atoms with van der Waals surface area (Å²) < 4.78 is 16.0. The summed E-state index contributed by atoms with van der Waals surface area (Å²) in [5.41, 5.74) is -0.129. The summed E-state index contributed by atoms with van der Waals surface area (Å²) in [6.07, 6.45) is 0.344. The van der Waals surface area contributed by atoms with Gasteiger partial charge in [-0.05, 0) is 18.6 Å². The van der Waals surface area contributed by atoms with Crippen LogP contribution in [0.4, 0.5) is 0 Å². The van der Waals surface area contributed by atoms with E-state index in [2.05, 4.69) is 0 Å². The van der Waals surface area contributed by atoms with Crippen LogP contribution in [0.3, 0.4) is 0 Å². The van der Waals surface area contributed by atoms with E-state index < -0.39 is 23.4 Å². The fraction of sp³-hybridized carbons (Fsp3) is 0.333. The van der Waals surface area contributed by atoms with Crippen molar-refractivity contribution in [3.05, 3.63) is 34.7 Å². The molecule has 1 fully saturated rings. The van der Waals surface area contributed by atoms with Gasteiger partial charge in [-0.25, -0.2) is 9.59 Å². The Kier molecular flexibility index (Phi) is 5.39. The number of ether oxygens (including phenoxy) is 2. The number of imide groups is 1. The molecule has 1 aliphatic heterocycles. The van der Waals surface area contributed by atoms with Gasteiger partial charge in [-0.2, -0.15) is 0 Å². The maximum absolute atomic E-state index is 11.7. The Morgan fingerprint density at radius 2 is 1.85 bits per heavy atom. The van der Waals surface area contributed by atoms with Crippen molar-refractivity contribution in [1.29, 1.82) is 0 Å². The average Bonchev–Trinajstić information content (AvgIpc) is 2.96. The summed E-state index contributed by atoms with van der Waals surface area (Å²) in [7, 11) is 1.48. The van der Waals surface area contributed by atoms with Crippen molar-refractivity contribution in [3.8, 4) is 11.5 Å². The van der Waals surface area contributed by atoms with Crippen molar-refractivity contribution < 1.29 is 33.1 Å². The maximum atomic E-state index is 11.7. The van der Waals surface area contributed by atoms with Crippen LogP contribution in [0.5, 0.6) is 11.5 Å². The number of amides is 2. The number of carbonyl (C=O) groups excluding carboxylic acids is 3. The molecular weight excluding hydrogens is 358 g/mol. The van der Waals surface area contributed by atoms with Gasteiger partial charge in [0.1, 0.15) is 5.58 Å². The molecule has 0 radical (unpaired) electrons. The van der Waals surface area contributed by atoms with Gasteiger partial charge >= 0.3 is 11.6 Å². The summed E-state index contributed by atoms with van der Waals surface area (Å²) >= 11 is 0. The molecule has 27 heavy (non-hydrogen) atoms. The zero-order valence-corrected chi connectivity index (χ0v) is 14.6.